The minimum Gasteiger partial charge on any atom is -0.484 e. The van der Waals surface area contributed by atoms with E-state index in [1.807, 2.05) is 37.4 Å². The van der Waals surface area contributed by atoms with Crippen molar-refractivity contribution in [3.8, 4) is 5.75 Å². The van der Waals surface area contributed by atoms with Gasteiger partial charge in [0, 0.05) is 11.9 Å². The lowest BCUT2D eigenvalue weighted by Crippen LogP contribution is -2.31. The summed E-state index contributed by atoms with van der Waals surface area (Å²) in [6.07, 6.45) is 3.15. The molecule has 2 rings (SSSR count). The molecule has 8 heteroatoms. The van der Waals surface area contributed by atoms with Gasteiger partial charge in [0.1, 0.15) is 5.75 Å². The third-order valence-electron chi connectivity index (χ3n) is 4.06. The van der Waals surface area contributed by atoms with Gasteiger partial charge in [0.2, 0.25) is 10.0 Å². The van der Waals surface area contributed by atoms with Crippen molar-refractivity contribution in [2.75, 3.05) is 30.5 Å². The van der Waals surface area contributed by atoms with Gasteiger partial charge in [-0.05, 0) is 55.1 Å². The van der Waals surface area contributed by atoms with Crippen LogP contribution in [0.1, 0.15) is 18.5 Å². The van der Waals surface area contributed by atoms with Gasteiger partial charge in [-0.3, -0.25) is 9.10 Å². The number of hydrogen-bond acceptors (Lipinski definition) is 5. The summed E-state index contributed by atoms with van der Waals surface area (Å²) in [5, 5.41) is 2.90. The highest BCUT2D eigenvalue weighted by Gasteiger charge is 2.13. The average molecular weight is 409 g/mol. The molecule has 27 heavy (non-hydrogen) atoms. The molecular weight excluding hydrogens is 384 g/mol. The zero-order chi connectivity index (χ0) is 20.0. The summed E-state index contributed by atoms with van der Waals surface area (Å²) in [4.78, 5) is 13.3. The molecule has 146 valence electrons. The van der Waals surface area contributed by atoms with Crippen LogP contribution in [0.5, 0.6) is 5.75 Å². The van der Waals surface area contributed by atoms with Crippen molar-refractivity contribution in [3.05, 3.63) is 54.1 Å². The molecular formula is C19H24N2O4S2. The average Bonchev–Trinajstić information content (AvgIpc) is 2.65. The zero-order valence-electron chi connectivity index (χ0n) is 15.8. The molecule has 2 aromatic carbocycles. The predicted octanol–water partition coefficient (Wildman–Crippen LogP) is 3.06. The molecule has 6 nitrogen and oxygen atoms in total. The normalized spacial score (nSPS) is 12.3. The maximum atomic E-state index is 12.1. The number of nitrogens with one attached hydrogen (secondary N) is 1. The molecule has 1 atom stereocenters. The lowest BCUT2D eigenvalue weighted by Gasteiger charge is -2.17. The van der Waals surface area contributed by atoms with Crippen molar-refractivity contribution in [1.29, 1.82) is 0 Å². The predicted molar refractivity (Wildman–Crippen MR) is 110 cm³/mol. The molecule has 2 aromatic rings. The summed E-state index contributed by atoms with van der Waals surface area (Å²) >= 11 is 1.67. The van der Waals surface area contributed by atoms with Gasteiger partial charge in [0.15, 0.2) is 6.61 Å². The molecule has 0 aromatic heterocycles. The van der Waals surface area contributed by atoms with Crippen LogP contribution in [0.15, 0.2) is 53.4 Å². The van der Waals surface area contributed by atoms with Gasteiger partial charge in [0.25, 0.3) is 5.91 Å². The third kappa shape index (κ3) is 6.18. The number of benzene rings is 2. The number of hydrogen-bond donors (Lipinski definition) is 1. The van der Waals surface area contributed by atoms with E-state index in [0.717, 1.165) is 11.8 Å². The smallest absolute Gasteiger partial charge is 0.258 e. The van der Waals surface area contributed by atoms with Crippen LogP contribution >= 0.6 is 11.8 Å². The van der Waals surface area contributed by atoms with Crippen molar-refractivity contribution >= 4 is 33.4 Å². The van der Waals surface area contributed by atoms with E-state index in [1.54, 1.807) is 36.0 Å². The molecule has 0 bridgehead atoms. The Morgan fingerprint density at radius 2 is 1.74 bits per heavy atom. The number of nitrogens with zero attached hydrogens (tertiary/aromatic N) is 1. The van der Waals surface area contributed by atoms with E-state index >= 15 is 0 Å². The second kappa shape index (κ2) is 9.14. The summed E-state index contributed by atoms with van der Waals surface area (Å²) in [7, 11) is -1.83. The SMILES string of the molecule is CSc1ccc([C@H](C)NC(=O)COc2ccc(N(C)S(C)(=O)=O)cc2)cc1. The van der Waals surface area contributed by atoms with E-state index < -0.39 is 10.0 Å². The zero-order valence-corrected chi connectivity index (χ0v) is 17.4. The van der Waals surface area contributed by atoms with Crippen LogP contribution in [-0.4, -0.2) is 40.5 Å². The van der Waals surface area contributed by atoms with Gasteiger partial charge in [-0.15, -0.1) is 11.8 Å². The molecule has 0 saturated heterocycles. The first-order valence-electron chi connectivity index (χ1n) is 8.31. The van der Waals surface area contributed by atoms with Crippen molar-refractivity contribution in [3.63, 3.8) is 0 Å². The van der Waals surface area contributed by atoms with Gasteiger partial charge in [-0.2, -0.15) is 0 Å². The van der Waals surface area contributed by atoms with Crippen molar-refractivity contribution in [2.24, 2.45) is 0 Å². The summed E-state index contributed by atoms with van der Waals surface area (Å²) < 4.78 is 29.7. The Labute approximate surface area is 165 Å². The molecule has 0 saturated carbocycles. The van der Waals surface area contributed by atoms with Crippen molar-refractivity contribution in [1.82, 2.24) is 5.32 Å². The Balaban J connectivity index is 1.87. The van der Waals surface area contributed by atoms with Gasteiger partial charge in [-0.1, -0.05) is 12.1 Å². The Hall–Kier alpha value is -2.19. The van der Waals surface area contributed by atoms with Crippen molar-refractivity contribution in [2.45, 2.75) is 17.9 Å². The molecule has 0 heterocycles. The molecule has 0 aliphatic carbocycles. The van der Waals surface area contributed by atoms with Crippen LogP contribution in [0.4, 0.5) is 5.69 Å². The monoisotopic (exact) mass is 408 g/mol. The van der Waals surface area contributed by atoms with Crippen LogP contribution < -0.4 is 14.4 Å². The summed E-state index contributed by atoms with van der Waals surface area (Å²) in [5.41, 5.74) is 1.55. The lowest BCUT2D eigenvalue weighted by molar-refractivity contribution is -0.123. The fourth-order valence-electron chi connectivity index (χ4n) is 2.35. The second-order valence-electron chi connectivity index (χ2n) is 6.08. The standard InChI is InChI=1S/C19H24N2O4S2/c1-14(15-5-11-18(26-3)12-6-15)20-19(22)13-25-17-9-7-16(8-10-17)21(2)27(4,23)24/h5-12,14H,13H2,1-4H3,(H,20,22)/t14-/m0/s1. The van der Waals surface area contributed by atoms with Crippen LogP contribution in [0.25, 0.3) is 0 Å². The van der Waals surface area contributed by atoms with Gasteiger partial charge >= 0.3 is 0 Å². The quantitative estimate of drug-likeness (QED) is 0.680. The highest BCUT2D eigenvalue weighted by atomic mass is 32.2. The maximum absolute atomic E-state index is 12.1. The number of carbonyl (C=O) groups excluding carboxylic acids is 1. The molecule has 0 aliphatic heterocycles. The fraction of sp³-hybridized carbons (Fsp3) is 0.316. The van der Waals surface area contributed by atoms with Crippen LogP contribution in [-0.2, 0) is 14.8 Å². The van der Waals surface area contributed by atoms with E-state index in [0.29, 0.717) is 11.4 Å². The number of sulfonamides is 1. The Kier molecular flexibility index (Phi) is 7.15. The molecule has 0 aliphatic rings. The molecule has 0 unspecified atom stereocenters. The first kappa shape index (κ1) is 21.1. The topological polar surface area (TPSA) is 75.7 Å². The summed E-state index contributed by atoms with van der Waals surface area (Å²) in [6, 6.07) is 14.4. The lowest BCUT2D eigenvalue weighted by atomic mass is 10.1. The highest BCUT2D eigenvalue weighted by Crippen LogP contribution is 2.21. The molecule has 0 radical (unpaired) electrons. The van der Waals surface area contributed by atoms with Gasteiger partial charge in [-0.25, -0.2) is 8.42 Å². The Morgan fingerprint density at radius 3 is 2.26 bits per heavy atom. The van der Waals surface area contributed by atoms with E-state index in [1.165, 1.54) is 16.2 Å². The first-order valence-corrected chi connectivity index (χ1v) is 11.4. The van der Waals surface area contributed by atoms with Crippen molar-refractivity contribution < 1.29 is 17.9 Å². The fourth-order valence-corrected chi connectivity index (χ4v) is 3.26. The van der Waals surface area contributed by atoms with E-state index in [9.17, 15) is 13.2 Å². The van der Waals surface area contributed by atoms with Crippen LogP contribution in [0, 0.1) is 0 Å². The first-order chi connectivity index (χ1) is 12.7. The minimum absolute atomic E-state index is 0.117. The maximum Gasteiger partial charge on any atom is 0.258 e. The van der Waals surface area contributed by atoms with Gasteiger partial charge in [0.05, 0.1) is 18.0 Å². The molecule has 1 N–H and O–H groups in total. The molecule has 0 spiro atoms. The second-order valence-corrected chi connectivity index (χ2v) is 8.97. The summed E-state index contributed by atoms with van der Waals surface area (Å²) in [5.74, 6) is 0.265. The summed E-state index contributed by atoms with van der Waals surface area (Å²) in [6.45, 7) is 1.80. The number of ether oxygens (including phenoxy) is 1. The molecule has 0 fully saturated rings. The number of thioether (sulfide) groups is 1. The number of rotatable bonds is 8. The Morgan fingerprint density at radius 1 is 1.15 bits per heavy atom. The highest BCUT2D eigenvalue weighted by molar-refractivity contribution is 7.98. The molecule has 1 amide bonds. The number of anilines is 1. The van der Waals surface area contributed by atoms with Crippen LogP contribution in [0.3, 0.4) is 0 Å². The van der Waals surface area contributed by atoms with E-state index in [-0.39, 0.29) is 18.6 Å². The Bertz CT molecular complexity index is 866. The van der Waals surface area contributed by atoms with E-state index in [2.05, 4.69) is 5.32 Å². The van der Waals surface area contributed by atoms with E-state index in [4.69, 9.17) is 4.74 Å². The van der Waals surface area contributed by atoms with Gasteiger partial charge < -0.3 is 10.1 Å². The third-order valence-corrected chi connectivity index (χ3v) is 6.01. The largest absolute Gasteiger partial charge is 0.484 e. The number of amides is 1. The van der Waals surface area contributed by atoms with Crippen LogP contribution in [0.2, 0.25) is 0 Å². The number of carbonyl (C=O) groups is 1. The minimum atomic E-state index is -3.31.